The number of amides is 1. The van der Waals surface area contributed by atoms with Crippen molar-refractivity contribution >= 4 is 23.8 Å². The van der Waals surface area contributed by atoms with E-state index in [1.807, 2.05) is 30.3 Å². The number of rotatable bonds is 2. The average molecular weight is 308 g/mol. The van der Waals surface area contributed by atoms with Crippen LogP contribution in [-0.4, -0.2) is 34.3 Å². The van der Waals surface area contributed by atoms with Crippen molar-refractivity contribution in [3.63, 3.8) is 0 Å². The number of nitrogens with zero attached hydrogens (tertiary/aromatic N) is 1. The molecular weight excluding hydrogens is 286 g/mol. The van der Waals surface area contributed by atoms with E-state index in [-0.39, 0.29) is 17.9 Å². The lowest BCUT2D eigenvalue weighted by Crippen LogP contribution is -2.42. The zero-order valence-electron chi connectivity index (χ0n) is 13.3. The molecule has 1 fully saturated rings. The van der Waals surface area contributed by atoms with Gasteiger partial charge in [0.25, 0.3) is 0 Å². The van der Waals surface area contributed by atoms with E-state index in [2.05, 4.69) is 12.6 Å². The van der Waals surface area contributed by atoms with E-state index in [0.717, 1.165) is 5.56 Å². The fraction of sp³-hybridized carbons (Fsp3) is 0.500. The molecule has 0 radical (unpaired) electrons. The lowest BCUT2D eigenvalue weighted by atomic mass is 9.97. The largest absolute Gasteiger partial charge is 0.444 e. The smallest absolute Gasteiger partial charge is 0.410 e. The molecule has 0 aliphatic carbocycles. The van der Waals surface area contributed by atoms with Crippen molar-refractivity contribution in [3.8, 4) is 0 Å². The van der Waals surface area contributed by atoms with E-state index in [0.29, 0.717) is 13.0 Å². The van der Waals surface area contributed by atoms with Gasteiger partial charge in [0.15, 0.2) is 0 Å². The Hall–Kier alpha value is -1.49. The van der Waals surface area contributed by atoms with Crippen LogP contribution in [0.4, 0.5) is 4.79 Å². The molecular formula is C16H21NO3S. The van der Waals surface area contributed by atoms with Crippen LogP contribution in [0.15, 0.2) is 30.3 Å². The van der Waals surface area contributed by atoms with Gasteiger partial charge in [-0.15, -0.1) is 12.6 Å². The molecule has 0 unspecified atom stereocenters. The molecule has 0 saturated carbocycles. The van der Waals surface area contributed by atoms with Crippen LogP contribution in [0, 0.1) is 0 Å². The van der Waals surface area contributed by atoms with Gasteiger partial charge < -0.3 is 4.74 Å². The van der Waals surface area contributed by atoms with Crippen LogP contribution < -0.4 is 0 Å². The van der Waals surface area contributed by atoms with Crippen molar-refractivity contribution in [2.45, 2.75) is 44.7 Å². The van der Waals surface area contributed by atoms with Gasteiger partial charge in [0.05, 0.1) is 0 Å². The van der Waals surface area contributed by atoms with Crippen LogP contribution in [0.5, 0.6) is 0 Å². The topological polar surface area (TPSA) is 46.6 Å². The molecule has 1 aromatic rings. The second-order valence-electron chi connectivity index (χ2n) is 5.98. The maximum atomic E-state index is 12.3. The third-order valence-electron chi connectivity index (χ3n) is 3.46. The van der Waals surface area contributed by atoms with Gasteiger partial charge >= 0.3 is 6.09 Å². The molecule has 1 aromatic carbocycles. The van der Waals surface area contributed by atoms with Gasteiger partial charge in [0.1, 0.15) is 11.6 Å². The highest BCUT2D eigenvalue weighted by Gasteiger charge is 2.40. The van der Waals surface area contributed by atoms with E-state index in [9.17, 15) is 9.59 Å². The van der Waals surface area contributed by atoms with E-state index < -0.39 is 17.7 Å². The average Bonchev–Trinajstić information content (AvgIpc) is 2.93. The number of carbonyl (C=O) groups excluding carboxylic acids is 2. The molecule has 2 rings (SSSR count). The fourth-order valence-corrected chi connectivity index (χ4v) is 2.78. The third-order valence-corrected chi connectivity index (χ3v) is 3.75. The molecule has 0 aromatic heterocycles. The summed E-state index contributed by atoms with van der Waals surface area (Å²) in [5.41, 5.74) is 0.226. The molecule has 1 aliphatic heterocycles. The minimum atomic E-state index is -0.869. The van der Waals surface area contributed by atoms with Crippen LogP contribution in [0.1, 0.15) is 40.0 Å². The van der Waals surface area contributed by atoms with Gasteiger partial charge in [0.2, 0.25) is 5.12 Å². The summed E-state index contributed by atoms with van der Waals surface area (Å²) in [6, 6.07) is 9.22. The Morgan fingerprint density at radius 2 is 2.05 bits per heavy atom. The van der Waals surface area contributed by atoms with Crippen LogP contribution in [-0.2, 0) is 9.53 Å². The van der Waals surface area contributed by atoms with Crippen molar-refractivity contribution < 1.29 is 15.7 Å². The van der Waals surface area contributed by atoms with Crippen molar-refractivity contribution in [1.29, 1.82) is 0 Å². The zero-order valence-corrected chi connectivity index (χ0v) is 13.2. The SMILES string of the molecule is [2H]CC(C)(C)OC(=O)N1C[C@H](c2ccccc2)C[C@H]1C(=O)S. The molecule has 0 N–H and O–H groups in total. The van der Waals surface area contributed by atoms with Gasteiger partial charge in [0, 0.05) is 13.8 Å². The van der Waals surface area contributed by atoms with Crippen molar-refractivity contribution in [2.24, 2.45) is 0 Å². The first kappa shape index (κ1) is 14.4. The summed E-state index contributed by atoms with van der Waals surface area (Å²) in [6.45, 7) is 3.75. The Morgan fingerprint density at radius 1 is 1.38 bits per heavy atom. The Labute approximate surface area is 132 Å². The summed E-state index contributed by atoms with van der Waals surface area (Å²) < 4.78 is 12.7. The van der Waals surface area contributed by atoms with Gasteiger partial charge in [-0.3, -0.25) is 9.69 Å². The Morgan fingerprint density at radius 3 is 2.62 bits per heavy atom. The van der Waals surface area contributed by atoms with Crippen molar-refractivity contribution in [3.05, 3.63) is 35.9 Å². The molecule has 1 saturated heterocycles. The number of hydrogen-bond donors (Lipinski definition) is 1. The van der Waals surface area contributed by atoms with Crippen LogP contribution in [0.2, 0.25) is 0 Å². The molecule has 21 heavy (non-hydrogen) atoms. The summed E-state index contributed by atoms with van der Waals surface area (Å²) in [7, 11) is 0. The first-order chi connectivity index (χ1) is 10.3. The summed E-state index contributed by atoms with van der Waals surface area (Å²) in [4.78, 5) is 25.5. The van der Waals surface area contributed by atoms with Gasteiger partial charge in [-0.25, -0.2) is 4.79 Å². The molecule has 5 heteroatoms. The number of likely N-dealkylation sites (tertiary alicyclic amines) is 1. The second kappa shape index (κ2) is 6.10. The van der Waals surface area contributed by atoms with Gasteiger partial charge in [-0.05, 0) is 32.7 Å². The number of benzene rings is 1. The maximum Gasteiger partial charge on any atom is 0.410 e. The van der Waals surface area contributed by atoms with E-state index in [1.165, 1.54) is 4.90 Å². The minimum Gasteiger partial charge on any atom is -0.444 e. The van der Waals surface area contributed by atoms with Crippen LogP contribution in [0.25, 0.3) is 0 Å². The molecule has 1 amide bonds. The van der Waals surface area contributed by atoms with Crippen LogP contribution >= 0.6 is 12.6 Å². The fourth-order valence-electron chi connectivity index (χ4n) is 2.53. The summed E-state index contributed by atoms with van der Waals surface area (Å²) in [5, 5.41) is -0.334. The zero-order chi connectivity index (χ0) is 16.3. The first-order valence-corrected chi connectivity index (χ1v) is 7.35. The summed E-state index contributed by atoms with van der Waals surface area (Å²) in [5.74, 6) is 0.0916. The summed E-state index contributed by atoms with van der Waals surface area (Å²) >= 11 is 3.91. The Bertz CT molecular complexity index is 550. The summed E-state index contributed by atoms with van der Waals surface area (Å²) in [6.07, 6.45) is -0.00831. The monoisotopic (exact) mass is 308 g/mol. The Balaban J connectivity index is 2.15. The maximum absolute atomic E-state index is 12.3. The molecule has 1 heterocycles. The highest BCUT2D eigenvalue weighted by atomic mass is 32.1. The predicted octanol–water partition coefficient (Wildman–Crippen LogP) is 3.24. The number of ether oxygens (including phenoxy) is 1. The number of carbonyl (C=O) groups is 2. The predicted molar refractivity (Wildman–Crippen MR) is 84.5 cm³/mol. The number of hydrogen-bond acceptors (Lipinski definition) is 3. The van der Waals surface area contributed by atoms with Crippen molar-refractivity contribution in [2.75, 3.05) is 6.54 Å². The van der Waals surface area contributed by atoms with E-state index >= 15 is 0 Å². The highest BCUT2D eigenvalue weighted by molar-refractivity contribution is 7.96. The third kappa shape index (κ3) is 4.00. The normalized spacial score (nSPS) is 22.8. The number of thiol groups is 1. The lowest BCUT2D eigenvalue weighted by molar-refractivity contribution is -0.114. The minimum absolute atomic E-state index is 0.0335. The molecule has 114 valence electrons. The standard InChI is InChI=1S/C16H21NO3S/c1-16(2,3)20-15(19)17-10-12(9-13(17)14(18)21)11-7-5-4-6-8-11/h4-8,12-13H,9-10H2,1-3H3,(H,18,21)/t12-,13+/m1/s1/i1D. The van der Waals surface area contributed by atoms with Gasteiger partial charge in [-0.2, -0.15) is 0 Å². The first-order valence-electron chi connectivity index (χ1n) is 7.61. The molecule has 2 atom stereocenters. The Kier molecular flexibility index (Phi) is 4.19. The van der Waals surface area contributed by atoms with Gasteiger partial charge in [-0.1, -0.05) is 30.3 Å². The van der Waals surface area contributed by atoms with E-state index in [1.54, 1.807) is 13.8 Å². The van der Waals surface area contributed by atoms with E-state index in [4.69, 9.17) is 6.11 Å². The molecule has 0 spiro atoms. The van der Waals surface area contributed by atoms with Crippen LogP contribution in [0.3, 0.4) is 0 Å². The molecule has 4 nitrogen and oxygen atoms in total. The molecule has 1 aliphatic rings. The lowest BCUT2D eigenvalue weighted by Gasteiger charge is -2.27. The highest BCUT2D eigenvalue weighted by Crippen LogP contribution is 2.33. The van der Waals surface area contributed by atoms with Crippen molar-refractivity contribution in [1.82, 2.24) is 4.90 Å². The quantitative estimate of drug-likeness (QED) is 0.853. The second-order valence-corrected chi connectivity index (χ2v) is 6.42. The molecule has 0 bridgehead atoms.